The summed E-state index contributed by atoms with van der Waals surface area (Å²) >= 11 is 5.46. The molecular formula is C8H3ClF2N2O3. The second kappa shape index (κ2) is 4.72. The van der Waals surface area contributed by atoms with E-state index in [-0.39, 0.29) is 10.6 Å². The summed E-state index contributed by atoms with van der Waals surface area (Å²) in [5.74, 6) is -0.492. The molecule has 1 aromatic rings. The molecule has 0 atom stereocenters. The lowest BCUT2D eigenvalue weighted by Gasteiger charge is -2.06. The third kappa shape index (κ3) is 2.55. The zero-order valence-corrected chi connectivity index (χ0v) is 8.24. The number of halogens is 3. The summed E-state index contributed by atoms with van der Waals surface area (Å²) < 4.78 is 27.8. The van der Waals surface area contributed by atoms with Crippen LogP contribution < -0.4 is 4.74 Å². The Balaban J connectivity index is 3.28. The molecule has 0 aromatic heterocycles. The summed E-state index contributed by atoms with van der Waals surface area (Å²) in [6, 6.07) is 3.09. The van der Waals surface area contributed by atoms with Crippen LogP contribution in [0.3, 0.4) is 0 Å². The smallest absolute Gasteiger partial charge is 0.387 e. The molecule has 0 unspecified atom stereocenters. The van der Waals surface area contributed by atoms with E-state index < -0.39 is 23.0 Å². The number of nitro groups is 1. The van der Waals surface area contributed by atoms with Crippen LogP contribution in [0, 0.1) is 21.4 Å². The Hall–Kier alpha value is -1.94. The minimum absolute atomic E-state index is 0.375. The van der Waals surface area contributed by atoms with Crippen LogP contribution in [0.1, 0.15) is 5.56 Å². The van der Waals surface area contributed by atoms with Gasteiger partial charge in [-0.3, -0.25) is 10.1 Å². The van der Waals surface area contributed by atoms with Crippen LogP contribution in [0.4, 0.5) is 14.5 Å². The maximum atomic E-state index is 11.9. The predicted molar refractivity (Wildman–Crippen MR) is 49.5 cm³/mol. The van der Waals surface area contributed by atoms with Gasteiger partial charge >= 0.3 is 6.61 Å². The van der Waals surface area contributed by atoms with Gasteiger partial charge in [0.2, 0.25) is 0 Å². The minimum atomic E-state index is -3.13. The van der Waals surface area contributed by atoms with E-state index in [4.69, 9.17) is 16.9 Å². The van der Waals surface area contributed by atoms with Crippen molar-refractivity contribution in [1.29, 1.82) is 5.26 Å². The number of benzene rings is 1. The topological polar surface area (TPSA) is 76.2 Å². The van der Waals surface area contributed by atoms with Gasteiger partial charge in [-0.2, -0.15) is 14.0 Å². The third-order valence-corrected chi connectivity index (χ3v) is 1.88. The standard InChI is InChI=1S/C8H3ClF2N2O3/c9-5-2-7(16-8(10)11)4(3-12)1-6(5)13(14)15/h1-2,8H. The molecular weight excluding hydrogens is 246 g/mol. The maximum absolute atomic E-state index is 11.9. The van der Waals surface area contributed by atoms with E-state index in [1.54, 1.807) is 0 Å². The van der Waals surface area contributed by atoms with E-state index in [2.05, 4.69) is 4.74 Å². The molecule has 0 saturated heterocycles. The molecule has 1 aromatic carbocycles. The highest BCUT2D eigenvalue weighted by Gasteiger charge is 2.19. The van der Waals surface area contributed by atoms with Gasteiger partial charge in [0.1, 0.15) is 22.4 Å². The van der Waals surface area contributed by atoms with Crippen LogP contribution >= 0.6 is 11.6 Å². The highest BCUT2D eigenvalue weighted by molar-refractivity contribution is 6.32. The zero-order valence-electron chi connectivity index (χ0n) is 7.49. The van der Waals surface area contributed by atoms with Gasteiger partial charge in [0.15, 0.2) is 0 Å². The summed E-state index contributed by atoms with van der Waals surface area (Å²) in [5, 5.41) is 18.7. The van der Waals surface area contributed by atoms with Crippen LogP contribution in [0.15, 0.2) is 12.1 Å². The van der Waals surface area contributed by atoms with E-state index in [1.807, 2.05) is 0 Å². The lowest BCUT2D eigenvalue weighted by Crippen LogP contribution is -2.04. The van der Waals surface area contributed by atoms with Crippen molar-refractivity contribution < 1.29 is 18.4 Å². The average molecular weight is 249 g/mol. The molecule has 0 heterocycles. The van der Waals surface area contributed by atoms with Crippen LogP contribution in [0.5, 0.6) is 5.75 Å². The molecule has 0 bridgehead atoms. The van der Waals surface area contributed by atoms with Crippen molar-refractivity contribution in [1.82, 2.24) is 0 Å². The lowest BCUT2D eigenvalue weighted by molar-refractivity contribution is -0.384. The van der Waals surface area contributed by atoms with E-state index >= 15 is 0 Å². The van der Waals surface area contributed by atoms with Gasteiger partial charge in [0, 0.05) is 12.1 Å². The molecule has 0 aliphatic carbocycles. The Kier molecular flexibility index (Phi) is 3.58. The fourth-order valence-corrected chi connectivity index (χ4v) is 1.19. The fraction of sp³-hybridized carbons (Fsp3) is 0.125. The van der Waals surface area contributed by atoms with E-state index in [0.717, 1.165) is 12.1 Å². The van der Waals surface area contributed by atoms with Crippen molar-refractivity contribution in [2.45, 2.75) is 6.61 Å². The van der Waals surface area contributed by atoms with Crippen molar-refractivity contribution in [3.8, 4) is 11.8 Å². The van der Waals surface area contributed by atoms with Gasteiger partial charge < -0.3 is 4.74 Å². The van der Waals surface area contributed by atoms with Gasteiger partial charge in [-0.05, 0) is 0 Å². The van der Waals surface area contributed by atoms with Crippen molar-refractivity contribution in [2.24, 2.45) is 0 Å². The quantitative estimate of drug-likeness (QED) is 0.609. The normalized spacial score (nSPS) is 9.94. The maximum Gasteiger partial charge on any atom is 0.387 e. The van der Waals surface area contributed by atoms with Gasteiger partial charge in [-0.1, -0.05) is 11.6 Å². The van der Waals surface area contributed by atoms with Crippen molar-refractivity contribution >= 4 is 17.3 Å². The highest BCUT2D eigenvalue weighted by Crippen LogP contribution is 2.32. The summed E-state index contributed by atoms with van der Waals surface area (Å²) in [6.45, 7) is -3.13. The third-order valence-electron chi connectivity index (χ3n) is 1.58. The van der Waals surface area contributed by atoms with Gasteiger partial charge in [-0.25, -0.2) is 0 Å². The number of nitriles is 1. The van der Waals surface area contributed by atoms with Crippen molar-refractivity contribution in [3.63, 3.8) is 0 Å². The monoisotopic (exact) mass is 248 g/mol. The summed E-state index contributed by atoms with van der Waals surface area (Å²) in [7, 11) is 0. The molecule has 0 spiro atoms. The SMILES string of the molecule is N#Cc1cc([N+](=O)[O-])c(Cl)cc1OC(F)F. The minimum Gasteiger partial charge on any atom is -0.433 e. The van der Waals surface area contributed by atoms with Crippen LogP contribution in [-0.2, 0) is 0 Å². The summed E-state index contributed by atoms with van der Waals surface area (Å²) in [5.41, 5.74) is -0.920. The highest BCUT2D eigenvalue weighted by atomic mass is 35.5. The number of alkyl halides is 2. The molecule has 0 aliphatic rings. The first-order chi connectivity index (χ1) is 7.45. The van der Waals surface area contributed by atoms with Crippen LogP contribution in [0.25, 0.3) is 0 Å². The first-order valence-electron chi connectivity index (χ1n) is 3.78. The second-order valence-electron chi connectivity index (χ2n) is 2.55. The van der Waals surface area contributed by atoms with Crippen molar-refractivity contribution in [3.05, 3.63) is 32.8 Å². The van der Waals surface area contributed by atoms with Crippen molar-refractivity contribution in [2.75, 3.05) is 0 Å². The van der Waals surface area contributed by atoms with E-state index in [1.165, 1.54) is 6.07 Å². The van der Waals surface area contributed by atoms with Gasteiger partial charge in [0.25, 0.3) is 5.69 Å². The molecule has 1 rings (SSSR count). The first-order valence-corrected chi connectivity index (χ1v) is 4.16. The number of hydrogen-bond acceptors (Lipinski definition) is 4. The molecule has 0 fully saturated rings. The number of nitro benzene ring substituents is 1. The zero-order chi connectivity index (χ0) is 12.3. The first kappa shape index (κ1) is 12.1. The molecule has 0 radical (unpaired) electrons. The molecule has 0 N–H and O–H groups in total. The average Bonchev–Trinajstić information content (AvgIpc) is 2.16. The molecule has 0 aliphatic heterocycles. The Morgan fingerprint density at radius 2 is 2.19 bits per heavy atom. The number of nitrogens with zero attached hydrogens (tertiary/aromatic N) is 2. The fourth-order valence-electron chi connectivity index (χ4n) is 0.964. The van der Waals surface area contributed by atoms with Gasteiger partial charge in [-0.15, -0.1) is 0 Å². The number of hydrogen-bond donors (Lipinski definition) is 0. The Bertz CT molecular complexity index is 473. The molecule has 8 heteroatoms. The van der Waals surface area contributed by atoms with Gasteiger partial charge in [0.05, 0.1) is 4.92 Å². The molecule has 0 saturated carbocycles. The largest absolute Gasteiger partial charge is 0.433 e. The Labute approximate surface area is 93.0 Å². The number of rotatable bonds is 3. The van der Waals surface area contributed by atoms with E-state index in [9.17, 15) is 18.9 Å². The molecule has 5 nitrogen and oxygen atoms in total. The lowest BCUT2D eigenvalue weighted by atomic mass is 10.2. The Morgan fingerprint density at radius 1 is 1.56 bits per heavy atom. The molecule has 84 valence electrons. The molecule has 16 heavy (non-hydrogen) atoms. The second-order valence-corrected chi connectivity index (χ2v) is 2.95. The van der Waals surface area contributed by atoms with Crippen LogP contribution in [0.2, 0.25) is 5.02 Å². The molecule has 0 amide bonds. The van der Waals surface area contributed by atoms with Crippen LogP contribution in [-0.4, -0.2) is 11.5 Å². The summed E-state index contributed by atoms with van der Waals surface area (Å²) in [4.78, 5) is 9.62. The Morgan fingerprint density at radius 3 is 2.62 bits per heavy atom. The summed E-state index contributed by atoms with van der Waals surface area (Å²) in [6.07, 6.45) is 0. The predicted octanol–water partition coefficient (Wildman–Crippen LogP) is 2.72. The number of ether oxygens (including phenoxy) is 1. The van der Waals surface area contributed by atoms with E-state index in [0.29, 0.717) is 0 Å².